The summed E-state index contributed by atoms with van der Waals surface area (Å²) in [6, 6.07) is 8.80. The Morgan fingerprint density at radius 3 is 3.05 bits per heavy atom. The lowest BCUT2D eigenvalue weighted by Crippen LogP contribution is -2.35. The zero-order chi connectivity index (χ0) is 13.1. The summed E-state index contributed by atoms with van der Waals surface area (Å²) in [7, 11) is 0. The average molecular weight is 259 g/mol. The van der Waals surface area contributed by atoms with Crippen molar-refractivity contribution in [2.24, 2.45) is 11.8 Å². The SMILES string of the molecule is CC1CCNCC1CCC1OCCc2ccccc21. The van der Waals surface area contributed by atoms with E-state index in [1.165, 1.54) is 43.5 Å². The first-order chi connectivity index (χ1) is 9.34. The maximum absolute atomic E-state index is 6.01. The second-order valence-electron chi connectivity index (χ2n) is 6.12. The summed E-state index contributed by atoms with van der Waals surface area (Å²) in [4.78, 5) is 0. The lowest BCUT2D eigenvalue weighted by Gasteiger charge is -2.32. The van der Waals surface area contributed by atoms with Crippen LogP contribution in [0.2, 0.25) is 0 Å². The van der Waals surface area contributed by atoms with Crippen LogP contribution >= 0.6 is 0 Å². The van der Waals surface area contributed by atoms with Gasteiger partial charge in [-0.15, -0.1) is 0 Å². The summed E-state index contributed by atoms with van der Waals surface area (Å²) in [6.07, 6.45) is 5.20. The first-order valence-corrected chi connectivity index (χ1v) is 7.74. The van der Waals surface area contributed by atoms with E-state index in [1.54, 1.807) is 0 Å². The standard InChI is InChI=1S/C17H25NO/c1-13-8-10-18-12-15(13)6-7-17-16-5-3-2-4-14(16)9-11-19-17/h2-5,13,15,17-18H,6-12H2,1H3. The molecule has 0 bridgehead atoms. The molecular weight excluding hydrogens is 234 g/mol. The van der Waals surface area contributed by atoms with Gasteiger partial charge in [0.25, 0.3) is 0 Å². The van der Waals surface area contributed by atoms with E-state index in [4.69, 9.17) is 4.74 Å². The van der Waals surface area contributed by atoms with Crippen LogP contribution in [0.25, 0.3) is 0 Å². The van der Waals surface area contributed by atoms with Crippen molar-refractivity contribution in [3.63, 3.8) is 0 Å². The fraction of sp³-hybridized carbons (Fsp3) is 0.647. The number of piperidine rings is 1. The van der Waals surface area contributed by atoms with Gasteiger partial charge in [0.05, 0.1) is 12.7 Å². The largest absolute Gasteiger partial charge is 0.373 e. The van der Waals surface area contributed by atoms with Crippen molar-refractivity contribution >= 4 is 0 Å². The number of fused-ring (bicyclic) bond motifs is 1. The molecule has 19 heavy (non-hydrogen) atoms. The highest BCUT2D eigenvalue weighted by Crippen LogP contribution is 2.33. The summed E-state index contributed by atoms with van der Waals surface area (Å²) in [6.45, 7) is 5.68. The highest BCUT2D eigenvalue weighted by molar-refractivity contribution is 5.30. The van der Waals surface area contributed by atoms with E-state index < -0.39 is 0 Å². The molecule has 1 saturated heterocycles. The van der Waals surface area contributed by atoms with Gasteiger partial charge < -0.3 is 10.1 Å². The molecule has 0 spiro atoms. The molecule has 0 aliphatic carbocycles. The first kappa shape index (κ1) is 13.1. The van der Waals surface area contributed by atoms with Crippen LogP contribution in [0.3, 0.4) is 0 Å². The van der Waals surface area contributed by atoms with Crippen LogP contribution in [-0.4, -0.2) is 19.7 Å². The molecule has 0 amide bonds. The van der Waals surface area contributed by atoms with Crippen LogP contribution in [0.5, 0.6) is 0 Å². The van der Waals surface area contributed by atoms with Gasteiger partial charge in [-0.3, -0.25) is 0 Å². The molecule has 2 aliphatic heterocycles. The van der Waals surface area contributed by atoms with E-state index in [1.807, 2.05) is 0 Å². The van der Waals surface area contributed by atoms with Gasteiger partial charge in [-0.1, -0.05) is 31.2 Å². The van der Waals surface area contributed by atoms with Crippen LogP contribution in [0.15, 0.2) is 24.3 Å². The molecule has 1 fully saturated rings. The minimum atomic E-state index is 0.332. The van der Waals surface area contributed by atoms with Crippen molar-refractivity contribution in [2.45, 2.75) is 38.7 Å². The monoisotopic (exact) mass is 259 g/mol. The maximum atomic E-state index is 6.01. The molecule has 3 atom stereocenters. The molecule has 3 unspecified atom stereocenters. The second kappa shape index (κ2) is 6.06. The van der Waals surface area contributed by atoms with Crippen molar-refractivity contribution in [3.8, 4) is 0 Å². The van der Waals surface area contributed by atoms with E-state index in [0.717, 1.165) is 24.9 Å². The second-order valence-corrected chi connectivity index (χ2v) is 6.12. The Morgan fingerprint density at radius 1 is 1.26 bits per heavy atom. The van der Waals surface area contributed by atoms with Crippen molar-refractivity contribution in [1.82, 2.24) is 5.32 Å². The van der Waals surface area contributed by atoms with Crippen LogP contribution < -0.4 is 5.32 Å². The molecule has 2 heteroatoms. The number of hydrogen-bond acceptors (Lipinski definition) is 2. The first-order valence-electron chi connectivity index (χ1n) is 7.74. The predicted octanol–water partition coefficient (Wildman–Crippen LogP) is 3.33. The molecule has 0 aromatic heterocycles. The fourth-order valence-electron chi connectivity index (χ4n) is 3.52. The fourth-order valence-corrected chi connectivity index (χ4v) is 3.52. The Morgan fingerprint density at radius 2 is 2.16 bits per heavy atom. The third-order valence-electron chi connectivity index (χ3n) is 4.88. The van der Waals surface area contributed by atoms with Gasteiger partial charge in [-0.2, -0.15) is 0 Å². The molecule has 3 rings (SSSR count). The van der Waals surface area contributed by atoms with Crippen molar-refractivity contribution in [3.05, 3.63) is 35.4 Å². The Hall–Kier alpha value is -0.860. The lowest BCUT2D eigenvalue weighted by molar-refractivity contribution is 0.0295. The molecule has 104 valence electrons. The number of benzene rings is 1. The third kappa shape index (κ3) is 3.01. The Kier molecular flexibility index (Phi) is 4.19. The minimum Gasteiger partial charge on any atom is -0.373 e. The van der Waals surface area contributed by atoms with Gasteiger partial charge in [-0.05, 0) is 61.7 Å². The van der Waals surface area contributed by atoms with Crippen LogP contribution in [-0.2, 0) is 11.2 Å². The normalized spacial score (nSPS) is 30.9. The third-order valence-corrected chi connectivity index (χ3v) is 4.88. The molecule has 2 aliphatic rings. The predicted molar refractivity (Wildman–Crippen MR) is 78.2 cm³/mol. The van der Waals surface area contributed by atoms with Crippen molar-refractivity contribution in [1.29, 1.82) is 0 Å². The summed E-state index contributed by atoms with van der Waals surface area (Å²) < 4.78 is 6.01. The molecule has 2 nitrogen and oxygen atoms in total. The number of rotatable bonds is 3. The number of nitrogens with one attached hydrogen (secondary N) is 1. The van der Waals surface area contributed by atoms with Gasteiger partial charge >= 0.3 is 0 Å². The van der Waals surface area contributed by atoms with Gasteiger partial charge in [0.15, 0.2) is 0 Å². The molecule has 1 N–H and O–H groups in total. The summed E-state index contributed by atoms with van der Waals surface area (Å²) in [5, 5.41) is 3.53. The van der Waals surface area contributed by atoms with Gasteiger partial charge in [0.1, 0.15) is 0 Å². The van der Waals surface area contributed by atoms with Gasteiger partial charge in [0.2, 0.25) is 0 Å². The Balaban J connectivity index is 1.61. The quantitative estimate of drug-likeness (QED) is 0.899. The van der Waals surface area contributed by atoms with E-state index in [0.29, 0.717) is 6.10 Å². The van der Waals surface area contributed by atoms with Crippen LogP contribution in [0.4, 0.5) is 0 Å². The summed E-state index contributed by atoms with van der Waals surface area (Å²) in [5.74, 6) is 1.69. The number of ether oxygens (including phenoxy) is 1. The van der Waals surface area contributed by atoms with Gasteiger partial charge in [0, 0.05) is 0 Å². The van der Waals surface area contributed by atoms with E-state index in [9.17, 15) is 0 Å². The van der Waals surface area contributed by atoms with E-state index in [2.05, 4.69) is 36.5 Å². The zero-order valence-electron chi connectivity index (χ0n) is 11.9. The molecule has 2 heterocycles. The lowest BCUT2D eigenvalue weighted by atomic mass is 9.83. The topological polar surface area (TPSA) is 21.3 Å². The van der Waals surface area contributed by atoms with Crippen molar-refractivity contribution < 1.29 is 4.74 Å². The van der Waals surface area contributed by atoms with E-state index in [-0.39, 0.29) is 0 Å². The maximum Gasteiger partial charge on any atom is 0.0827 e. The smallest absolute Gasteiger partial charge is 0.0827 e. The molecule has 1 aromatic carbocycles. The highest BCUT2D eigenvalue weighted by atomic mass is 16.5. The zero-order valence-corrected chi connectivity index (χ0v) is 11.9. The Bertz CT molecular complexity index is 417. The molecule has 0 radical (unpaired) electrons. The summed E-state index contributed by atoms with van der Waals surface area (Å²) in [5.41, 5.74) is 2.93. The molecule has 1 aromatic rings. The van der Waals surface area contributed by atoms with Crippen LogP contribution in [0.1, 0.15) is 43.4 Å². The minimum absolute atomic E-state index is 0.332. The number of hydrogen-bond donors (Lipinski definition) is 1. The Labute approximate surface area is 116 Å². The molecular formula is C17H25NO. The van der Waals surface area contributed by atoms with Crippen molar-refractivity contribution in [2.75, 3.05) is 19.7 Å². The van der Waals surface area contributed by atoms with Gasteiger partial charge in [-0.25, -0.2) is 0 Å². The molecule has 0 saturated carbocycles. The summed E-state index contributed by atoms with van der Waals surface area (Å²) >= 11 is 0. The van der Waals surface area contributed by atoms with E-state index >= 15 is 0 Å². The average Bonchev–Trinajstić information content (AvgIpc) is 2.46. The highest BCUT2D eigenvalue weighted by Gasteiger charge is 2.25. The van der Waals surface area contributed by atoms with Crippen LogP contribution in [0, 0.1) is 11.8 Å².